The normalized spacial score (nSPS) is 15.3. The number of hydrogen-bond acceptors (Lipinski definition) is 4. The summed E-state index contributed by atoms with van der Waals surface area (Å²) in [5, 5.41) is 3.49. The lowest BCUT2D eigenvalue weighted by Crippen LogP contribution is -2.43. The van der Waals surface area contributed by atoms with Crippen LogP contribution in [0.3, 0.4) is 0 Å². The molecule has 1 aliphatic rings. The molecule has 0 unspecified atom stereocenters. The molecule has 32 heavy (non-hydrogen) atoms. The van der Waals surface area contributed by atoms with Crippen molar-refractivity contribution in [1.82, 2.24) is 0 Å². The Balaban J connectivity index is 1.60. The van der Waals surface area contributed by atoms with E-state index < -0.39 is 6.17 Å². The molecule has 1 atom stereocenters. The Labute approximate surface area is 207 Å². The maximum Gasteiger partial charge on any atom is 0.262 e. The standard InChI is InChI=1S/C25H18BrIN2O3/c1-31-19-4-2-3-18(14-19)29-24(28-21-10-9-17(27)13-20(21)25(29)30)23-12-11-22(32-23)15-5-7-16(26)8-6-15/h2-14,24,28H,1H3/t24-/m1/s1. The van der Waals surface area contributed by atoms with Crippen molar-refractivity contribution in [3.05, 3.63) is 98.2 Å². The number of nitrogens with zero attached hydrogens (tertiary/aromatic N) is 1. The minimum atomic E-state index is -0.508. The Morgan fingerprint density at radius 1 is 1.03 bits per heavy atom. The number of ether oxygens (including phenoxy) is 1. The zero-order valence-corrected chi connectivity index (χ0v) is 20.8. The van der Waals surface area contributed by atoms with Gasteiger partial charge in [-0.2, -0.15) is 0 Å². The number of methoxy groups -OCH3 is 1. The van der Waals surface area contributed by atoms with Crippen LogP contribution in [0.15, 0.2) is 87.8 Å². The maximum atomic E-state index is 13.7. The van der Waals surface area contributed by atoms with Gasteiger partial charge in [0.2, 0.25) is 0 Å². The fourth-order valence-corrected chi connectivity index (χ4v) is 4.53. The van der Waals surface area contributed by atoms with E-state index in [0.29, 0.717) is 17.1 Å². The summed E-state index contributed by atoms with van der Waals surface area (Å²) < 4.78 is 13.6. The van der Waals surface area contributed by atoms with E-state index in [0.717, 1.165) is 30.7 Å². The van der Waals surface area contributed by atoms with Crippen molar-refractivity contribution in [2.75, 3.05) is 17.3 Å². The average molecular weight is 601 g/mol. The van der Waals surface area contributed by atoms with Gasteiger partial charge in [0.05, 0.1) is 18.4 Å². The molecule has 0 saturated heterocycles. The van der Waals surface area contributed by atoms with Crippen LogP contribution in [0.25, 0.3) is 11.3 Å². The van der Waals surface area contributed by atoms with Crippen LogP contribution in [0.4, 0.5) is 11.4 Å². The number of benzene rings is 3. The molecule has 0 spiro atoms. The maximum absolute atomic E-state index is 13.7. The van der Waals surface area contributed by atoms with Gasteiger partial charge in [-0.3, -0.25) is 9.69 Å². The number of carbonyl (C=O) groups is 1. The lowest BCUT2D eigenvalue weighted by Gasteiger charge is -2.37. The first-order chi connectivity index (χ1) is 15.5. The van der Waals surface area contributed by atoms with E-state index in [1.165, 1.54) is 0 Å². The fraction of sp³-hybridized carbons (Fsp3) is 0.0800. The van der Waals surface area contributed by atoms with Crippen LogP contribution in [-0.4, -0.2) is 13.0 Å². The number of rotatable bonds is 4. The molecule has 0 fully saturated rings. The number of nitrogens with one attached hydrogen (secondary N) is 1. The van der Waals surface area contributed by atoms with E-state index in [1.807, 2.05) is 78.9 Å². The minimum Gasteiger partial charge on any atom is -0.497 e. The summed E-state index contributed by atoms with van der Waals surface area (Å²) >= 11 is 5.68. The summed E-state index contributed by atoms with van der Waals surface area (Å²) in [5.41, 5.74) is 3.08. The third-order valence-corrected chi connectivity index (χ3v) is 6.54. The first kappa shape index (κ1) is 21.1. The molecule has 2 heterocycles. The van der Waals surface area contributed by atoms with Crippen molar-refractivity contribution in [2.24, 2.45) is 0 Å². The quantitative estimate of drug-likeness (QED) is 0.254. The first-order valence-corrected chi connectivity index (χ1v) is 11.8. The van der Waals surface area contributed by atoms with Crippen molar-refractivity contribution in [3.8, 4) is 17.1 Å². The molecule has 0 bridgehead atoms. The first-order valence-electron chi connectivity index (χ1n) is 9.93. The van der Waals surface area contributed by atoms with E-state index in [-0.39, 0.29) is 5.91 Å². The van der Waals surface area contributed by atoms with Gasteiger partial charge in [-0.05, 0) is 77.2 Å². The zero-order valence-electron chi connectivity index (χ0n) is 17.0. The Bertz CT molecular complexity index is 1300. The van der Waals surface area contributed by atoms with E-state index in [2.05, 4.69) is 43.8 Å². The highest BCUT2D eigenvalue weighted by Crippen LogP contribution is 2.39. The fourth-order valence-electron chi connectivity index (χ4n) is 3.77. The summed E-state index contributed by atoms with van der Waals surface area (Å²) in [6, 6.07) is 25.0. The van der Waals surface area contributed by atoms with Gasteiger partial charge in [-0.25, -0.2) is 0 Å². The molecule has 5 rings (SSSR count). The monoisotopic (exact) mass is 600 g/mol. The lowest BCUT2D eigenvalue weighted by molar-refractivity contribution is 0.0972. The van der Waals surface area contributed by atoms with Gasteiger partial charge in [0.15, 0.2) is 6.17 Å². The molecule has 3 aromatic carbocycles. The van der Waals surface area contributed by atoms with Crippen LogP contribution in [0.1, 0.15) is 22.3 Å². The van der Waals surface area contributed by atoms with Crippen LogP contribution < -0.4 is 15.0 Å². The second-order valence-electron chi connectivity index (χ2n) is 7.32. The molecule has 0 saturated carbocycles. The topological polar surface area (TPSA) is 54.7 Å². The Kier molecular flexibility index (Phi) is 5.69. The number of hydrogen-bond donors (Lipinski definition) is 1. The number of amides is 1. The smallest absolute Gasteiger partial charge is 0.262 e. The van der Waals surface area contributed by atoms with Crippen LogP contribution in [0, 0.1) is 3.57 Å². The molecule has 7 heteroatoms. The van der Waals surface area contributed by atoms with E-state index in [1.54, 1.807) is 12.0 Å². The van der Waals surface area contributed by atoms with Gasteiger partial charge in [-0.1, -0.05) is 34.1 Å². The number of fused-ring (bicyclic) bond motifs is 1. The molecule has 0 radical (unpaired) electrons. The van der Waals surface area contributed by atoms with Crippen LogP contribution in [0.5, 0.6) is 5.75 Å². The van der Waals surface area contributed by atoms with Crippen LogP contribution in [0.2, 0.25) is 0 Å². The molecule has 160 valence electrons. The molecule has 4 aromatic rings. The number of furan rings is 1. The van der Waals surface area contributed by atoms with Gasteiger partial charge < -0.3 is 14.5 Å². The molecule has 1 aliphatic heterocycles. The summed E-state index contributed by atoms with van der Waals surface area (Å²) in [4.78, 5) is 15.4. The van der Waals surface area contributed by atoms with Gasteiger partial charge in [0.1, 0.15) is 17.3 Å². The lowest BCUT2D eigenvalue weighted by atomic mass is 10.1. The number of halogens is 2. The number of carbonyl (C=O) groups excluding carboxylic acids is 1. The highest BCUT2D eigenvalue weighted by Gasteiger charge is 2.36. The van der Waals surface area contributed by atoms with Gasteiger partial charge in [0.25, 0.3) is 5.91 Å². The van der Waals surface area contributed by atoms with E-state index >= 15 is 0 Å². The largest absolute Gasteiger partial charge is 0.497 e. The minimum absolute atomic E-state index is 0.0999. The van der Waals surface area contributed by atoms with Gasteiger partial charge >= 0.3 is 0 Å². The average Bonchev–Trinajstić information content (AvgIpc) is 3.30. The third-order valence-electron chi connectivity index (χ3n) is 5.34. The number of anilines is 2. The summed E-state index contributed by atoms with van der Waals surface area (Å²) in [7, 11) is 1.61. The summed E-state index contributed by atoms with van der Waals surface area (Å²) in [6.07, 6.45) is -0.508. The third kappa shape index (κ3) is 3.91. The Morgan fingerprint density at radius 3 is 2.62 bits per heavy atom. The van der Waals surface area contributed by atoms with Crippen LogP contribution >= 0.6 is 38.5 Å². The van der Waals surface area contributed by atoms with Crippen molar-refractivity contribution in [2.45, 2.75) is 6.17 Å². The Morgan fingerprint density at radius 2 is 1.84 bits per heavy atom. The molecule has 5 nitrogen and oxygen atoms in total. The van der Waals surface area contributed by atoms with Crippen LogP contribution in [-0.2, 0) is 0 Å². The molecule has 1 aromatic heterocycles. The van der Waals surface area contributed by atoms with E-state index in [4.69, 9.17) is 9.15 Å². The SMILES string of the molecule is COc1cccc(N2C(=O)c3cc(I)ccc3N[C@H]2c2ccc(-c3ccc(Br)cc3)o2)c1. The molecule has 1 N–H and O–H groups in total. The second-order valence-corrected chi connectivity index (χ2v) is 9.48. The van der Waals surface area contributed by atoms with E-state index in [9.17, 15) is 4.79 Å². The summed E-state index contributed by atoms with van der Waals surface area (Å²) in [6.45, 7) is 0. The second kappa shape index (κ2) is 8.63. The summed E-state index contributed by atoms with van der Waals surface area (Å²) in [5.74, 6) is 1.96. The molecule has 1 amide bonds. The van der Waals surface area contributed by atoms with Crippen molar-refractivity contribution < 1.29 is 13.9 Å². The van der Waals surface area contributed by atoms with Crippen molar-refractivity contribution in [1.29, 1.82) is 0 Å². The van der Waals surface area contributed by atoms with Gasteiger partial charge in [0, 0.05) is 25.4 Å². The van der Waals surface area contributed by atoms with Crippen molar-refractivity contribution in [3.63, 3.8) is 0 Å². The van der Waals surface area contributed by atoms with Gasteiger partial charge in [-0.15, -0.1) is 0 Å². The molecular weight excluding hydrogens is 583 g/mol. The predicted molar refractivity (Wildman–Crippen MR) is 137 cm³/mol. The molecule has 0 aliphatic carbocycles. The van der Waals surface area contributed by atoms with Crippen molar-refractivity contribution >= 4 is 55.8 Å². The zero-order chi connectivity index (χ0) is 22.2. The predicted octanol–water partition coefficient (Wildman–Crippen LogP) is 7.09. The Hall–Kier alpha value is -2.78. The highest BCUT2D eigenvalue weighted by atomic mass is 127. The highest BCUT2D eigenvalue weighted by molar-refractivity contribution is 14.1. The molecular formula is C25H18BrIN2O3.